The van der Waals surface area contributed by atoms with Crippen molar-refractivity contribution in [3.05, 3.63) is 35.7 Å². The highest BCUT2D eigenvalue weighted by molar-refractivity contribution is 5.82. The van der Waals surface area contributed by atoms with Gasteiger partial charge in [0.15, 0.2) is 11.6 Å². The van der Waals surface area contributed by atoms with E-state index in [-0.39, 0.29) is 18.4 Å². The van der Waals surface area contributed by atoms with Gasteiger partial charge in [-0.25, -0.2) is 0 Å². The molecule has 8 nitrogen and oxygen atoms in total. The molecule has 27 heavy (non-hydrogen) atoms. The van der Waals surface area contributed by atoms with Crippen molar-refractivity contribution in [2.75, 3.05) is 6.54 Å². The highest BCUT2D eigenvalue weighted by Gasteiger charge is 2.35. The molecule has 1 aromatic carbocycles. The van der Waals surface area contributed by atoms with Crippen molar-refractivity contribution in [3.63, 3.8) is 0 Å². The van der Waals surface area contributed by atoms with Crippen molar-refractivity contribution >= 4 is 12.4 Å². The number of benzene rings is 1. The van der Waals surface area contributed by atoms with E-state index in [0.29, 0.717) is 30.4 Å². The standard InChI is InChI=1S/C18H21N5O.CH2O2/c1-4-22-11-16-20-21-17(14-7-5-13(10-19)6-8-14)23(16)15(18(22)24)9-12(2)3;2-1-3/h5-8,12,15H,4,9,11H2,1-3H3;1H,(H,2,3)/t15-;/m0./s1. The van der Waals surface area contributed by atoms with Crippen LogP contribution >= 0.6 is 0 Å². The van der Waals surface area contributed by atoms with E-state index in [2.05, 4.69) is 30.1 Å². The van der Waals surface area contributed by atoms with Gasteiger partial charge in [-0.1, -0.05) is 13.8 Å². The lowest BCUT2D eigenvalue weighted by Crippen LogP contribution is -2.43. The maximum atomic E-state index is 12.8. The van der Waals surface area contributed by atoms with Gasteiger partial charge < -0.3 is 10.0 Å². The molecule has 8 heteroatoms. The Hall–Kier alpha value is -3.21. The first-order valence-electron chi connectivity index (χ1n) is 8.77. The van der Waals surface area contributed by atoms with Gasteiger partial charge in [0.25, 0.3) is 6.47 Å². The van der Waals surface area contributed by atoms with Crippen LogP contribution in [0.25, 0.3) is 11.4 Å². The lowest BCUT2D eigenvalue weighted by Gasteiger charge is -2.34. The summed E-state index contributed by atoms with van der Waals surface area (Å²) in [4.78, 5) is 23.0. The van der Waals surface area contributed by atoms with E-state index >= 15 is 0 Å². The quantitative estimate of drug-likeness (QED) is 0.829. The Kier molecular flexibility index (Phi) is 6.66. The third-order valence-electron chi connectivity index (χ3n) is 4.36. The number of likely N-dealkylation sites (N-methyl/N-ethyl adjacent to an activating group) is 1. The molecule has 1 aliphatic rings. The van der Waals surface area contributed by atoms with Crippen molar-refractivity contribution in [2.24, 2.45) is 5.92 Å². The number of nitriles is 1. The second-order valence-corrected chi connectivity index (χ2v) is 6.60. The Bertz CT molecular complexity index is 836. The first kappa shape index (κ1) is 20.1. The molecule has 0 fully saturated rings. The number of carbonyl (C=O) groups is 2. The Morgan fingerprint density at radius 1 is 1.33 bits per heavy atom. The third kappa shape index (κ3) is 4.31. The molecule has 1 N–H and O–H groups in total. The number of carbonyl (C=O) groups excluding carboxylic acids is 1. The van der Waals surface area contributed by atoms with Gasteiger partial charge in [0.05, 0.1) is 18.2 Å². The van der Waals surface area contributed by atoms with Gasteiger partial charge in [-0.05, 0) is 43.5 Å². The maximum Gasteiger partial charge on any atom is 0.290 e. The average molecular weight is 369 g/mol. The Balaban J connectivity index is 0.000000817. The molecule has 1 amide bonds. The fourth-order valence-electron chi connectivity index (χ4n) is 3.14. The molecule has 2 heterocycles. The van der Waals surface area contributed by atoms with Crippen LogP contribution in [0.3, 0.4) is 0 Å². The summed E-state index contributed by atoms with van der Waals surface area (Å²) in [5.74, 6) is 2.04. The molecular formula is C19H23N5O3. The van der Waals surface area contributed by atoms with Crippen molar-refractivity contribution in [1.29, 1.82) is 5.26 Å². The predicted octanol–water partition coefficient (Wildman–Crippen LogP) is 2.47. The van der Waals surface area contributed by atoms with Crippen LogP contribution in [0, 0.1) is 17.2 Å². The number of nitrogens with zero attached hydrogens (tertiary/aromatic N) is 5. The second kappa shape index (κ2) is 8.94. The average Bonchev–Trinajstić information content (AvgIpc) is 3.08. The lowest BCUT2D eigenvalue weighted by molar-refractivity contribution is -0.137. The summed E-state index contributed by atoms with van der Waals surface area (Å²) in [5, 5.41) is 24.5. The lowest BCUT2D eigenvalue weighted by atomic mass is 10.00. The minimum Gasteiger partial charge on any atom is -0.483 e. The molecule has 0 saturated heterocycles. The largest absolute Gasteiger partial charge is 0.483 e. The molecule has 0 saturated carbocycles. The molecule has 2 aromatic rings. The topological polar surface area (TPSA) is 112 Å². The third-order valence-corrected chi connectivity index (χ3v) is 4.36. The summed E-state index contributed by atoms with van der Waals surface area (Å²) in [5.41, 5.74) is 1.48. The normalized spacial score (nSPS) is 15.6. The Labute approximate surface area is 158 Å². The Morgan fingerprint density at radius 3 is 2.48 bits per heavy atom. The van der Waals surface area contributed by atoms with Gasteiger partial charge in [-0.2, -0.15) is 5.26 Å². The highest BCUT2D eigenvalue weighted by atomic mass is 16.3. The molecule has 1 aromatic heterocycles. The first-order valence-corrected chi connectivity index (χ1v) is 8.77. The summed E-state index contributed by atoms with van der Waals surface area (Å²) < 4.78 is 1.98. The number of rotatable bonds is 4. The minimum absolute atomic E-state index is 0.133. The Morgan fingerprint density at radius 2 is 1.96 bits per heavy atom. The van der Waals surface area contributed by atoms with Gasteiger partial charge in [0.2, 0.25) is 5.91 Å². The second-order valence-electron chi connectivity index (χ2n) is 6.60. The van der Waals surface area contributed by atoms with E-state index in [1.807, 2.05) is 28.5 Å². The van der Waals surface area contributed by atoms with Crippen LogP contribution in [0.2, 0.25) is 0 Å². The van der Waals surface area contributed by atoms with Crippen molar-refractivity contribution < 1.29 is 14.7 Å². The van der Waals surface area contributed by atoms with Crippen molar-refractivity contribution in [1.82, 2.24) is 19.7 Å². The van der Waals surface area contributed by atoms with Gasteiger partial charge in [0.1, 0.15) is 6.04 Å². The van der Waals surface area contributed by atoms with Crippen LogP contribution in [-0.2, 0) is 16.1 Å². The molecule has 0 radical (unpaired) electrons. The molecule has 0 unspecified atom stereocenters. The van der Waals surface area contributed by atoms with Crippen LogP contribution in [0.1, 0.15) is 44.6 Å². The number of amides is 1. The predicted molar refractivity (Wildman–Crippen MR) is 98.4 cm³/mol. The molecule has 142 valence electrons. The van der Waals surface area contributed by atoms with Gasteiger partial charge in [-0.3, -0.25) is 14.2 Å². The molecule has 1 aliphatic heterocycles. The molecule has 3 rings (SSSR count). The minimum atomic E-state index is -0.269. The van der Waals surface area contributed by atoms with Crippen molar-refractivity contribution in [2.45, 2.75) is 39.8 Å². The molecule has 0 bridgehead atoms. The summed E-state index contributed by atoms with van der Waals surface area (Å²) in [6.07, 6.45) is 0.754. The smallest absolute Gasteiger partial charge is 0.290 e. The summed E-state index contributed by atoms with van der Waals surface area (Å²) in [6, 6.07) is 9.09. The zero-order valence-electron chi connectivity index (χ0n) is 15.7. The zero-order chi connectivity index (χ0) is 20.0. The van der Waals surface area contributed by atoms with E-state index < -0.39 is 0 Å². The molecule has 0 spiro atoms. The molecular weight excluding hydrogens is 346 g/mol. The van der Waals surface area contributed by atoms with Gasteiger partial charge >= 0.3 is 0 Å². The summed E-state index contributed by atoms with van der Waals surface area (Å²) in [7, 11) is 0. The first-order chi connectivity index (χ1) is 13.0. The van der Waals surface area contributed by atoms with Crippen LogP contribution in [0.5, 0.6) is 0 Å². The summed E-state index contributed by atoms with van der Waals surface area (Å²) >= 11 is 0. The fourth-order valence-corrected chi connectivity index (χ4v) is 3.14. The van der Waals surface area contributed by atoms with E-state index in [0.717, 1.165) is 17.8 Å². The number of carboxylic acid groups (broad SMARTS) is 1. The fraction of sp³-hybridized carbons (Fsp3) is 0.421. The van der Waals surface area contributed by atoms with Crippen LogP contribution in [0.4, 0.5) is 0 Å². The van der Waals surface area contributed by atoms with E-state index in [4.69, 9.17) is 15.2 Å². The number of hydrogen-bond acceptors (Lipinski definition) is 5. The molecule has 1 atom stereocenters. The number of aromatic nitrogens is 3. The number of hydrogen-bond donors (Lipinski definition) is 1. The monoisotopic (exact) mass is 369 g/mol. The molecule has 0 aliphatic carbocycles. The van der Waals surface area contributed by atoms with Gasteiger partial charge in [0, 0.05) is 12.1 Å². The SMILES string of the molecule is CCN1Cc2nnc(-c3ccc(C#N)cc3)n2[C@@H](CC(C)C)C1=O.O=CO. The van der Waals surface area contributed by atoms with E-state index in [1.54, 1.807) is 12.1 Å². The van der Waals surface area contributed by atoms with Crippen LogP contribution in [0.15, 0.2) is 24.3 Å². The zero-order valence-corrected chi connectivity index (χ0v) is 15.7. The van der Waals surface area contributed by atoms with E-state index in [9.17, 15) is 4.79 Å². The van der Waals surface area contributed by atoms with E-state index in [1.165, 1.54) is 0 Å². The van der Waals surface area contributed by atoms with Crippen molar-refractivity contribution in [3.8, 4) is 17.5 Å². The summed E-state index contributed by atoms with van der Waals surface area (Å²) in [6.45, 7) is 7.13. The van der Waals surface area contributed by atoms with Gasteiger partial charge in [-0.15, -0.1) is 10.2 Å². The number of fused-ring (bicyclic) bond motifs is 1. The van der Waals surface area contributed by atoms with Crippen LogP contribution in [-0.4, -0.2) is 43.7 Å². The maximum absolute atomic E-state index is 12.8. The highest BCUT2D eigenvalue weighted by Crippen LogP contribution is 2.32. The van der Waals surface area contributed by atoms with Crippen LogP contribution < -0.4 is 0 Å².